The molecule has 0 nitrogen and oxygen atoms in total. The highest BCUT2D eigenvalue weighted by Gasteiger charge is 2.19. The lowest BCUT2D eigenvalue weighted by Crippen LogP contribution is -2.14. The van der Waals surface area contributed by atoms with Crippen molar-refractivity contribution in [2.24, 2.45) is 35.5 Å². The van der Waals surface area contributed by atoms with E-state index in [9.17, 15) is 0 Å². The molecule has 1 aliphatic rings. The lowest BCUT2D eigenvalue weighted by atomic mass is 9.79. The summed E-state index contributed by atoms with van der Waals surface area (Å²) < 4.78 is 0. The normalized spacial score (nSPS) is 22.8. The molecule has 0 amide bonds. The Morgan fingerprint density at radius 3 is 1.56 bits per heavy atom. The Bertz CT molecular complexity index is 272. The summed E-state index contributed by atoms with van der Waals surface area (Å²) in [5.74, 6) is 5.69. The molecular formula is C27H58. The summed E-state index contributed by atoms with van der Waals surface area (Å²) in [6, 6.07) is 0. The number of hydrogen-bond donors (Lipinski definition) is 0. The van der Waals surface area contributed by atoms with E-state index in [-0.39, 0.29) is 0 Å². The minimum absolute atomic E-state index is 0.867. The van der Waals surface area contributed by atoms with Gasteiger partial charge in [0, 0.05) is 0 Å². The summed E-state index contributed by atoms with van der Waals surface area (Å²) in [4.78, 5) is 0. The van der Waals surface area contributed by atoms with Crippen molar-refractivity contribution >= 4 is 0 Å². The Hall–Kier alpha value is 0. The molecule has 3 unspecified atom stereocenters. The predicted molar refractivity (Wildman–Crippen MR) is 128 cm³/mol. The summed E-state index contributed by atoms with van der Waals surface area (Å²) in [5.41, 5.74) is 0. The van der Waals surface area contributed by atoms with Gasteiger partial charge in [0.2, 0.25) is 0 Å². The highest BCUT2D eigenvalue weighted by molar-refractivity contribution is 4.71. The summed E-state index contributed by atoms with van der Waals surface area (Å²) >= 11 is 0. The summed E-state index contributed by atoms with van der Waals surface area (Å²) in [5, 5.41) is 0. The molecule has 1 fully saturated rings. The fourth-order valence-electron chi connectivity index (χ4n) is 4.00. The zero-order valence-electron chi connectivity index (χ0n) is 21.2. The molecule has 1 rings (SSSR count). The molecule has 3 atom stereocenters. The zero-order valence-corrected chi connectivity index (χ0v) is 21.2. The molecule has 0 heterocycles. The first kappa shape index (κ1) is 29.2. The standard InChI is InChI=1S/C22H44.C3H8.C2H6/c1-17(2)7-12-20(5)21(6)13-8-18(3)9-14-22-15-10-19(4)11-16-22;1-3-2;1-2/h17-22H,7-16H2,1-6H3;3H2,1-2H3;1-2H3. The van der Waals surface area contributed by atoms with Gasteiger partial charge in [0.1, 0.15) is 0 Å². The minimum atomic E-state index is 0.867. The maximum Gasteiger partial charge on any atom is -0.0414 e. The second-order valence-corrected chi connectivity index (χ2v) is 10.0. The van der Waals surface area contributed by atoms with E-state index in [2.05, 4.69) is 55.4 Å². The van der Waals surface area contributed by atoms with Gasteiger partial charge in [0.25, 0.3) is 0 Å². The topological polar surface area (TPSA) is 0 Å². The minimum Gasteiger partial charge on any atom is -0.0683 e. The third kappa shape index (κ3) is 17.8. The highest BCUT2D eigenvalue weighted by Crippen LogP contribution is 2.33. The van der Waals surface area contributed by atoms with Gasteiger partial charge in [-0.2, -0.15) is 0 Å². The van der Waals surface area contributed by atoms with Crippen LogP contribution in [0.5, 0.6) is 0 Å². The van der Waals surface area contributed by atoms with Crippen molar-refractivity contribution in [3.63, 3.8) is 0 Å². The molecule has 0 heteroatoms. The van der Waals surface area contributed by atoms with Gasteiger partial charge in [-0.25, -0.2) is 0 Å². The van der Waals surface area contributed by atoms with Crippen molar-refractivity contribution in [3.8, 4) is 0 Å². The SMILES string of the molecule is CC.CC(C)CCC(C)C(C)CCC(C)CCC1CCC(C)CC1.CCC. The van der Waals surface area contributed by atoms with Crippen LogP contribution in [0.25, 0.3) is 0 Å². The predicted octanol–water partition coefficient (Wildman–Crippen LogP) is 10.2. The van der Waals surface area contributed by atoms with Crippen molar-refractivity contribution < 1.29 is 0 Å². The Kier molecular flexibility index (Phi) is 20.9. The fourth-order valence-corrected chi connectivity index (χ4v) is 4.00. The molecule has 166 valence electrons. The zero-order chi connectivity index (χ0) is 21.2. The molecule has 0 aromatic rings. The Labute approximate surface area is 175 Å². The summed E-state index contributed by atoms with van der Waals surface area (Å²) in [6.07, 6.45) is 16.0. The van der Waals surface area contributed by atoms with E-state index in [1.807, 2.05) is 13.8 Å². The smallest absolute Gasteiger partial charge is 0.0414 e. The maximum absolute atomic E-state index is 2.50. The van der Waals surface area contributed by atoms with Gasteiger partial charge in [0.15, 0.2) is 0 Å². The summed E-state index contributed by atoms with van der Waals surface area (Å²) in [7, 11) is 0. The van der Waals surface area contributed by atoms with Gasteiger partial charge in [-0.3, -0.25) is 0 Å². The molecule has 0 N–H and O–H groups in total. The van der Waals surface area contributed by atoms with Gasteiger partial charge in [0.05, 0.1) is 0 Å². The summed E-state index contributed by atoms with van der Waals surface area (Å²) in [6.45, 7) is 22.8. The number of rotatable bonds is 10. The van der Waals surface area contributed by atoms with Crippen molar-refractivity contribution in [2.45, 2.75) is 140 Å². The Morgan fingerprint density at radius 2 is 1.11 bits per heavy atom. The molecule has 0 radical (unpaired) electrons. The lowest BCUT2D eigenvalue weighted by Gasteiger charge is -2.27. The van der Waals surface area contributed by atoms with Crippen LogP contribution in [0.15, 0.2) is 0 Å². The molecule has 0 aliphatic heterocycles. The van der Waals surface area contributed by atoms with E-state index < -0.39 is 0 Å². The maximum atomic E-state index is 2.50. The number of hydrogen-bond acceptors (Lipinski definition) is 0. The fraction of sp³-hybridized carbons (Fsp3) is 1.00. The van der Waals surface area contributed by atoms with E-state index in [1.54, 1.807) is 0 Å². The first-order valence-corrected chi connectivity index (χ1v) is 12.8. The largest absolute Gasteiger partial charge is 0.0683 e. The van der Waals surface area contributed by atoms with Crippen LogP contribution in [0, 0.1) is 35.5 Å². The van der Waals surface area contributed by atoms with Crippen LogP contribution in [0.1, 0.15) is 140 Å². The molecule has 0 aromatic heterocycles. The molecule has 27 heavy (non-hydrogen) atoms. The second-order valence-electron chi connectivity index (χ2n) is 10.0. The van der Waals surface area contributed by atoms with E-state index in [1.165, 1.54) is 70.6 Å². The van der Waals surface area contributed by atoms with Gasteiger partial charge in [-0.05, 0) is 35.5 Å². The molecule has 1 aliphatic carbocycles. The first-order valence-electron chi connectivity index (χ1n) is 12.8. The van der Waals surface area contributed by atoms with Gasteiger partial charge in [-0.15, -0.1) is 0 Å². The molecule has 0 bridgehead atoms. The van der Waals surface area contributed by atoms with Crippen molar-refractivity contribution in [1.29, 1.82) is 0 Å². The third-order valence-corrected chi connectivity index (χ3v) is 6.49. The average Bonchev–Trinajstić information content (AvgIpc) is 2.65. The third-order valence-electron chi connectivity index (χ3n) is 6.49. The van der Waals surface area contributed by atoms with Crippen LogP contribution in [0.3, 0.4) is 0 Å². The van der Waals surface area contributed by atoms with E-state index in [4.69, 9.17) is 0 Å². The van der Waals surface area contributed by atoms with Gasteiger partial charge in [-0.1, -0.05) is 140 Å². The average molecular weight is 383 g/mol. The Morgan fingerprint density at radius 1 is 0.667 bits per heavy atom. The van der Waals surface area contributed by atoms with E-state index in [0.29, 0.717) is 0 Å². The quantitative estimate of drug-likeness (QED) is 0.352. The van der Waals surface area contributed by atoms with Crippen LogP contribution in [0.4, 0.5) is 0 Å². The van der Waals surface area contributed by atoms with E-state index >= 15 is 0 Å². The van der Waals surface area contributed by atoms with Crippen LogP contribution < -0.4 is 0 Å². The van der Waals surface area contributed by atoms with Crippen LogP contribution in [-0.4, -0.2) is 0 Å². The first-order chi connectivity index (χ1) is 12.8. The van der Waals surface area contributed by atoms with Gasteiger partial charge < -0.3 is 0 Å². The molecule has 1 saturated carbocycles. The molecule has 0 aromatic carbocycles. The monoisotopic (exact) mass is 382 g/mol. The molecule has 0 saturated heterocycles. The Balaban J connectivity index is 0. The van der Waals surface area contributed by atoms with Crippen LogP contribution >= 0.6 is 0 Å². The van der Waals surface area contributed by atoms with E-state index in [0.717, 1.165) is 35.5 Å². The van der Waals surface area contributed by atoms with Crippen molar-refractivity contribution in [2.75, 3.05) is 0 Å². The van der Waals surface area contributed by atoms with Crippen molar-refractivity contribution in [3.05, 3.63) is 0 Å². The lowest BCUT2D eigenvalue weighted by molar-refractivity contribution is 0.251. The highest BCUT2D eigenvalue weighted by atomic mass is 14.2. The second kappa shape index (κ2) is 19.3. The molecule has 0 spiro atoms. The van der Waals surface area contributed by atoms with Crippen LogP contribution in [-0.2, 0) is 0 Å². The molecular weight excluding hydrogens is 324 g/mol. The van der Waals surface area contributed by atoms with Crippen LogP contribution in [0.2, 0.25) is 0 Å². The van der Waals surface area contributed by atoms with Crippen molar-refractivity contribution in [1.82, 2.24) is 0 Å². The van der Waals surface area contributed by atoms with Gasteiger partial charge >= 0.3 is 0 Å².